The maximum atomic E-state index is 13.5. The molecule has 4 nitrogen and oxygen atoms in total. The van der Waals surface area contributed by atoms with E-state index in [9.17, 15) is 9.59 Å². The van der Waals surface area contributed by atoms with E-state index in [4.69, 9.17) is 0 Å². The second-order valence-corrected chi connectivity index (χ2v) is 9.30. The summed E-state index contributed by atoms with van der Waals surface area (Å²) in [5, 5.41) is 2.77. The Kier molecular flexibility index (Phi) is 9.14. The molecule has 0 unspecified atom stereocenters. The first-order valence-electron chi connectivity index (χ1n) is 11.2. The normalized spacial score (nSPS) is 11.6. The van der Waals surface area contributed by atoms with Crippen molar-refractivity contribution in [3.63, 3.8) is 0 Å². The zero-order chi connectivity index (χ0) is 23.6. The van der Waals surface area contributed by atoms with Gasteiger partial charge in [-0.2, -0.15) is 0 Å². The third kappa shape index (κ3) is 7.50. The van der Waals surface area contributed by atoms with Crippen molar-refractivity contribution < 1.29 is 9.59 Å². The summed E-state index contributed by atoms with van der Waals surface area (Å²) in [6.07, 6.45) is 0.473. The van der Waals surface area contributed by atoms with E-state index in [0.717, 1.165) is 22.4 Å². The van der Waals surface area contributed by atoms with Crippen LogP contribution in [0.1, 0.15) is 27.8 Å². The Balaban J connectivity index is 1.81. The van der Waals surface area contributed by atoms with Crippen molar-refractivity contribution in [3.8, 4) is 0 Å². The minimum Gasteiger partial charge on any atom is -0.357 e. The van der Waals surface area contributed by atoms with E-state index in [-0.39, 0.29) is 11.8 Å². The fourth-order valence-corrected chi connectivity index (χ4v) is 4.73. The lowest BCUT2D eigenvalue weighted by Crippen LogP contribution is -2.50. The van der Waals surface area contributed by atoms with Crippen molar-refractivity contribution in [1.29, 1.82) is 0 Å². The molecular weight excluding hydrogens is 428 g/mol. The van der Waals surface area contributed by atoms with Gasteiger partial charge in [-0.15, -0.1) is 11.8 Å². The number of likely N-dealkylation sites (N-methyl/N-ethyl adjacent to an activating group) is 1. The van der Waals surface area contributed by atoms with Crippen LogP contribution in [0.3, 0.4) is 0 Å². The monoisotopic (exact) mass is 460 g/mol. The van der Waals surface area contributed by atoms with Crippen LogP contribution in [0.2, 0.25) is 0 Å². The molecule has 5 heteroatoms. The highest BCUT2D eigenvalue weighted by Gasteiger charge is 2.29. The molecule has 33 heavy (non-hydrogen) atoms. The molecule has 1 atom stereocenters. The highest BCUT2D eigenvalue weighted by molar-refractivity contribution is 7.99. The van der Waals surface area contributed by atoms with Crippen LogP contribution in [-0.2, 0) is 28.3 Å². The van der Waals surface area contributed by atoms with E-state index in [2.05, 4.69) is 36.5 Å². The number of carbonyl (C=O) groups excluding carboxylic acids is 2. The van der Waals surface area contributed by atoms with Gasteiger partial charge in [0.05, 0.1) is 5.75 Å². The molecule has 0 aromatic heterocycles. The third-order valence-corrected chi connectivity index (χ3v) is 6.52. The summed E-state index contributed by atoms with van der Waals surface area (Å²) < 4.78 is 0. The van der Waals surface area contributed by atoms with Gasteiger partial charge >= 0.3 is 0 Å². The van der Waals surface area contributed by atoms with E-state index in [0.29, 0.717) is 18.7 Å². The van der Waals surface area contributed by atoms with E-state index in [1.165, 1.54) is 11.1 Å². The molecule has 172 valence electrons. The number of amides is 2. The lowest BCUT2D eigenvalue weighted by atomic mass is 10.0. The van der Waals surface area contributed by atoms with Crippen LogP contribution < -0.4 is 5.32 Å². The molecule has 2 amide bonds. The lowest BCUT2D eigenvalue weighted by Gasteiger charge is -2.31. The van der Waals surface area contributed by atoms with Crippen molar-refractivity contribution in [2.45, 2.75) is 38.6 Å². The molecule has 1 N–H and O–H groups in total. The number of nitrogens with one attached hydrogen (secondary N) is 1. The molecule has 0 saturated carbocycles. The topological polar surface area (TPSA) is 49.4 Å². The van der Waals surface area contributed by atoms with Crippen LogP contribution in [0.4, 0.5) is 0 Å². The first kappa shape index (κ1) is 24.6. The molecule has 0 spiro atoms. The van der Waals surface area contributed by atoms with Crippen LogP contribution in [0.15, 0.2) is 78.9 Å². The fraction of sp³-hybridized carbons (Fsp3) is 0.286. The first-order chi connectivity index (χ1) is 16.0. The Morgan fingerprint density at radius 3 is 2.09 bits per heavy atom. The molecule has 0 bridgehead atoms. The average molecular weight is 461 g/mol. The number of aryl methyl sites for hydroxylation is 2. The van der Waals surface area contributed by atoms with E-state index in [1.807, 2.05) is 61.5 Å². The van der Waals surface area contributed by atoms with Crippen LogP contribution in [0, 0.1) is 13.8 Å². The summed E-state index contributed by atoms with van der Waals surface area (Å²) in [5.41, 5.74) is 5.59. The number of rotatable bonds is 10. The van der Waals surface area contributed by atoms with Gasteiger partial charge < -0.3 is 10.2 Å². The number of hydrogen-bond donors (Lipinski definition) is 1. The van der Waals surface area contributed by atoms with Crippen LogP contribution >= 0.6 is 11.8 Å². The Morgan fingerprint density at radius 1 is 0.848 bits per heavy atom. The van der Waals surface area contributed by atoms with Crippen LogP contribution in [0.5, 0.6) is 0 Å². The largest absolute Gasteiger partial charge is 0.357 e. The molecule has 0 heterocycles. The van der Waals surface area contributed by atoms with Crippen molar-refractivity contribution >= 4 is 23.6 Å². The number of thioether (sulfide) groups is 1. The fourth-order valence-electron chi connectivity index (χ4n) is 3.87. The predicted octanol–water partition coefficient (Wildman–Crippen LogP) is 4.92. The SMILES string of the molecule is CNC(=O)[C@H](Cc1ccccc1)N(Cc1cccc(C)c1)C(=O)CSCc1cccc(C)c1. The average Bonchev–Trinajstić information content (AvgIpc) is 2.81. The number of nitrogens with zero attached hydrogens (tertiary/aromatic N) is 1. The lowest BCUT2D eigenvalue weighted by molar-refractivity contribution is -0.139. The molecule has 0 aliphatic carbocycles. The molecule has 3 aromatic rings. The van der Waals surface area contributed by atoms with Gasteiger partial charge in [0.25, 0.3) is 0 Å². The Bertz CT molecular complexity index is 1070. The Morgan fingerprint density at radius 2 is 1.45 bits per heavy atom. The first-order valence-corrected chi connectivity index (χ1v) is 12.4. The zero-order valence-corrected chi connectivity index (χ0v) is 20.4. The molecule has 0 aliphatic rings. The van der Waals surface area contributed by atoms with Gasteiger partial charge in [0, 0.05) is 25.8 Å². The van der Waals surface area contributed by atoms with Crippen molar-refractivity contribution in [2.75, 3.05) is 12.8 Å². The predicted molar refractivity (Wildman–Crippen MR) is 137 cm³/mol. The second-order valence-electron chi connectivity index (χ2n) is 8.31. The summed E-state index contributed by atoms with van der Waals surface area (Å²) in [4.78, 5) is 28.1. The van der Waals surface area contributed by atoms with Gasteiger partial charge in [-0.25, -0.2) is 0 Å². The summed E-state index contributed by atoms with van der Waals surface area (Å²) in [5.74, 6) is 0.902. The number of benzene rings is 3. The Labute approximate surface area is 201 Å². The van der Waals surface area contributed by atoms with E-state index < -0.39 is 6.04 Å². The van der Waals surface area contributed by atoms with Crippen LogP contribution in [-0.4, -0.2) is 35.6 Å². The second kappa shape index (κ2) is 12.3. The molecule has 0 saturated heterocycles. The molecule has 0 fully saturated rings. The van der Waals surface area contributed by atoms with Crippen molar-refractivity contribution in [3.05, 3.63) is 107 Å². The van der Waals surface area contributed by atoms with Gasteiger partial charge in [0.2, 0.25) is 11.8 Å². The maximum absolute atomic E-state index is 13.5. The molecule has 0 radical (unpaired) electrons. The summed E-state index contributed by atoms with van der Waals surface area (Å²) in [6.45, 7) is 4.50. The van der Waals surface area contributed by atoms with Gasteiger partial charge in [-0.05, 0) is 30.5 Å². The third-order valence-electron chi connectivity index (χ3n) is 5.53. The molecule has 0 aliphatic heterocycles. The van der Waals surface area contributed by atoms with Gasteiger partial charge in [-0.1, -0.05) is 90.0 Å². The highest BCUT2D eigenvalue weighted by Crippen LogP contribution is 2.19. The van der Waals surface area contributed by atoms with Gasteiger partial charge in [-0.3, -0.25) is 9.59 Å². The summed E-state index contributed by atoms with van der Waals surface area (Å²) in [7, 11) is 1.63. The standard InChI is InChI=1S/C28H32N2O2S/c1-21-9-7-13-24(15-21)18-30(26(28(32)29-3)17-23-11-5-4-6-12-23)27(31)20-33-19-25-14-8-10-22(2)16-25/h4-16,26H,17-20H2,1-3H3,(H,29,32)/t26-/m0/s1. The number of hydrogen-bond acceptors (Lipinski definition) is 3. The van der Waals surface area contributed by atoms with Gasteiger partial charge in [0.1, 0.15) is 6.04 Å². The Hall–Kier alpha value is -3.05. The van der Waals surface area contributed by atoms with E-state index >= 15 is 0 Å². The molecule has 3 rings (SSSR count). The molecular formula is C28H32N2O2S. The van der Waals surface area contributed by atoms with Gasteiger partial charge in [0.15, 0.2) is 0 Å². The summed E-state index contributed by atoms with van der Waals surface area (Å²) >= 11 is 1.59. The van der Waals surface area contributed by atoms with E-state index in [1.54, 1.807) is 23.7 Å². The van der Waals surface area contributed by atoms with Crippen LogP contribution in [0.25, 0.3) is 0 Å². The van der Waals surface area contributed by atoms with Crippen molar-refractivity contribution in [2.24, 2.45) is 0 Å². The molecule has 3 aromatic carbocycles. The summed E-state index contributed by atoms with van der Waals surface area (Å²) in [6, 6.07) is 25.7. The highest BCUT2D eigenvalue weighted by atomic mass is 32.2. The quantitative estimate of drug-likeness (QED) is 0.467. The number of carbonyl (C=O) groups is 2. The zero-order valence-electron chi connectivity index (χ0n) is 19.6. The minimum absolute atomic E-state index is 0.0290. The maximum Gasteiger partial charge on any atom is 0.242 e. The van der Waals surface area contributed by atoms with Crippen molar-refractivity contribution in [1.82, 2.24) is 10.2 Å². The minimum atomic E-state index is -0.579. The smallest absolute Gasteiger partial charge is 0.242 e.